The van der Waals surface area contributed by atoms with Crippen LogP contribution in [-0.4, -0.2) is 20.1 Å². The van der Waals surface area contributed by atoms with Crippen LogP contribution in [0.1, 0.15) is 17.5 Å². The summed E-state index contributed by atoms with van der Waals surface area (Å²) in [6.07, 6.45) is 1.21. The van der Waals surface area contributed by atoms with Crippen molar-refractivity contribution in [3.05, 3.63) is 59.7 Å². The maximum atomic E-state index is 12.0. The molecule has 2 aromatic carbocycles. The van der Waals surface area contributed by atoms with Crippen molar-refractivity contribution >= 4 is 5.91 Å². The van der Waals surface area contributed by atoms with E-state index in [9.17, 15) is 4.79 Å². The lowest BCUT2D eigenvalue weighted by atomic mass is 10.1. The third kappa shape index (κ3) is 4.52. The first-order valence-electron chi connectivity index (χ1n) is 7.24. The van der Waals surface area contributed by atoms with Crippen molar-refractivity contribution < 1.29 is 14.3 Å². The first-order chi connectivity index (χ1) is 10.7. The van der Waals surface area contributed by atoms with Gasteiger partial charge in [0.05, 0.1) is 14.2 Å². The Morgan fingerprint density at radius 1 is 1.05 bits per heavy atom. The second-order valence-corrected chi connectivity index (χ2v) is 4.94. The quantitative estimate of drug-likeness (QED) is 0.855. The summed E-state index contributed by atoms with van der Waals surface area (Å²) in [6.45, 7) is 0.425. The molecule has 4 heteroatoms. The van der Waals surface area contributed by atoms with Gasteiger partial charge in [0.25, 0.3) is 0 Å². The van der Waals surface area contributed by atoms with E-state index in [1.165, 1.54) is 0 Å². The Bertz CT molecular complexity index is 611. The standard InChI is InChI=1S/C18H21NO3/c1-21-16-9-10-17(22-2)15(12-16)13-19-18(20)11-8-14-6-4-3-5-7-14/h3-7,9-10,12H,8,11,13H2,1-2H3,(H,19,20). The molecule has 0 aromatic heterocycles. The molecule has 0 unspecified atom stereocenters. The summed E-state index contributed by atoms with van der Waals surface area (Å²) >= 11 is 0. The molecule has 116 valence electrons. The van der Waals surface area contributed by atoms with E-state index in [0.717, 1.165) is 29.0 Å². The first kappa shape index (κ1) is 15.9. The molecular formula is C18H21NO3. The number of amides is 1. The molecule has 0 atom stereocenters. The zero-order valence-electron chi connectivity index (χ0n) is 13.0. The number of benzene rings is 2. The number of ether oxygens (including phenoxy) is 2. The summed E-state index contributed by atoms with van der Waals surface area (Å²) in [4.78, 5) is 12.0. The molecule has 0 fully saturated rings. The first-order valence-corrected chi connectivity index (χ1v) is 7.24. The number of nitrogens with one attached hydrogen (secondary N) is 1. The van der Waals surface area contributed by atoms with Gasteiger partial charge in [-0.05, 0) is 30.2 Å². The Balaban J connectivity index is 1.88. The highest BCUT2D eigenvalue weighted by Gasteiger charge is 2.07. The predicted octanol–water partition coefficient (Wildman–Crippen LogP) is 2.95. The molecular weight excluding hydrogens is 278 g/mol. The van der Waals surface area contributed by atoms with Crippen LogP contribution < -0.4 is 14.8 Å². The topological polar surface area (TPSA) is 47.6 Å². The zero-order valence-corrected chi connectivity index (χ0v) is 13.0. The van der Waals surface area contributed by atoms with Crippen LogP contribution in [-0.2, 0) is 17.8 Å². The maximum absolute atomic E-state index is 12.0. The fourth-order valence-electron chi connectivity index (χ4n) is 2.20. The van der Waals surface area contributed by atoms with Crippen LogP contribution in [0.25, 0.3) is 0 Å². The van der Waals surface area contributed by atoms with Gasteiger partial charge in [-0.3, -0.25) is 4.79 Å². The summed E-state index contributed by atoms with van der Waals surface area (Å²) in [5, 5.41) is 2.92. The van der Waals surface area contributed by atoms with E-state index >= 15 is 0 Å². The highest BCUT2D eigenvalue weighted by atomic mass is 16.5. The average molecular weight is 299 g/mol. The molecule has 4 nitrogen and oxygen atoms in total. The van der Waals surface area contributed by atoms with E-state index in [4.69, 9.17) is 9.47 Å². The van der Waals surface area contributed by atoms with Crippen molar-refractivity contribution in [2.75, 3.05) is 14.2 Å². The van der Waals surface area contributed by atoms with E-state index in [0.29, 0.717) is 13.0 Å². The third-order valence-corrected chi connectivity index (χ3v) is 3.45. The monoisotopic (exact) mass is 299 g/mol. The molecule has 0 aliphatic heterocycles. The Morgan fingerprint density at radius 3 is 2.50 bits per heavy atom. The van der Waals surface area contributed by atoms with E-state index in [1.807, 2.05) is 48.5 Å². The number of hydrogen-bond acceptors (Lipinski definition) is 3. The van der Waals surface area contributed by atoms with Gasteiger partial charge in [-0.15, -0.1) is 0 Å². The van der Waals surface area contributed by atoms with E-state index < -0.39 is 0 Å². The highest BCUT2D eigenvalue weighted by molar-refractivity contribution is 5.76. The number of aryl methyl sites for hydroxylation is 1. The number of rotatable bonds is 7. The summed E-state index contributed by atoms with van der Waals surface area (Å²) < 4.78 is 10.5. The lowest BCUT2D eigenvalue weighted by molar-refractivity contribution is -0.121. The number of carbonyl (C=O) groups is 1. The van der Waals surface area contributed by atoms with Gasteiger partial charge in [0.2, 0.25) is 5.91 Å². The Kier molecular flexibility index (Phi) is 5.83. The molecule has 22 heavy (non-hydrogen) atoms. The Labute approximate surface area is 131 Å². The van der Waals surface area contributed by atoms with Gasteiger partial charge < -0.3 is 14.8 Å². The summed E-state index contributed by atoms with van der Waals surface area (Å²) in [7, 11) is 3.23. The van der Waals surface area contributed by atoms with Gasteiger partial charge in [0.1, 0.15) is 11.5 Å². The number of hydrogen-bond donors (Lipinski definition) is 1. The van der Waals surface area contributed by atoms with E-state index in [2.05, 4.69) is 5.32 Å². The van der Waals surface area contributed by atoms with Gasteiger partial charge >= 0.3 is 0 Å². The molecule has 0 aliphatic rings. The van der Waals surface area contributed by atoms with Crippen molar-refractivity contribution in [1.29, 1.82) is 0 Å². The molecule has 0 spiro atoms. The lowest BCUT2D eigenvalue weighted by Crippen LogP contribution is -2.23. The minimum atomic E-state index is 0.0220. The van der Waals surface area contributed by atoms with Gasteiger partial charge in [-0.2, -0.15) is 0 Å². The molecule has 0 bridgehead atoms. The fraction of sp³-hybridized carbons (Fsp3) is 0.278. The lowest BCUT2D eigenvalue weighted by Gasteiger charge is -2.11. The largest absolute Gasteiger partial charge is 0.497 e. The second-order valence-electron chi connectivity index (χ2n) is 4.94. The molecule has 0 saturated carbocycles. The molecule has 0 saturated heterocycles. The van der Waals surface area contributed by atoms with Crippen molar-refractivity contribution in [3.8, 4) is 11.5 Å². The van der Waals surface area contributed by atoms with Crippen LogP contribution in [0.5, 0.6) is 11.5 Å². The SMILES string of the molecule is COc1ccc(OC)c(CNC(=O)CCc2ccccc2)c1. The summed E-state index contributed by atoms with van der Waals surface area (Å²) in [6, 6.07) is 15.5. The summed E-state index contributed by atoms with van der Waals surface area (Å²) in [5.74, 6) is 1.51. The Hall–Kier alpha value is -2.49. The molecule has 2 aromatic rings. The molecule has 0 aliphatic carbocycles. The van der Waals surface area contributed by atoms with Crippen LogP contribution in [0.15, 0.2) is 48.5 Å². The van der Waals surface area contributed by atoms with Crippen molar-refractivity contribution in [2.24, 2.45) is 0 Å². The zero-order chi connectivity index (χ0) is 15.8. The average Bonchev–Trinajstić information content (AvgIpc) is 2.58. The third-order valence-electron chi connectivity index (χ3n) is 3.45. The van der Waals surface area contributed by atoms with E-state index in [-0.39, 0.29) is 5.91 Å². The number of carbonyl (C=O) groups excluding carboxylic acids is 1. The Morgan fingerprint density at radius 2 is 1.82 bits per heavy atom. The predicted molar refractivity (Wildman–Crippen MR) is 86.2 cm³/mol. The summed E-state index contributed by atoms with van der Waals surface area (Å²) in [5.41, 5.74) is 2.06. The van der Waals surface area contributed by atoms with Crippen molar-refractivity contribution in [1.82, 2.24) is 5.32 Å². The van der Waals surface area contributed by atoms with Crippen molar-refractivity contribution in [3.63, 3.8) is 0 Å². The molecule has 1 N–H and O–H groups in total. The minimum absolute atomic E-state index is 0.0220. The fourth-order valence-corrected chi connectivity index (χ4v) is 2.20. The molecule has 1 amide bonds. The van der Waals surface area contributed by atoms with Gasteiger partial charge in [0, 0.05) is 18.5 Å². The van der Waals surface area contributed by atoms with Crippen LogP contribution in [0.4, 0.5) is 0 Å². The van der Waals surface area contributed by atoms with Crippen LogP contribution in [0, 0.1) is 0 Å². The second kappa shape index (κ2) is 8.08. The maximum Gasteiger partial charge on any atom is 0.220 e. The smallest absolute Gasteiger partial charge is 0.220 e. The highest BCUT2D eigenvalue weighted by Crippen LogP contribution is 2.23. The molecule has 0 heterocycles. The van der Waals surface area contributed by atoms with Crippen LogP contribution in [0.3, 0.4) is 0 Å². The van der Waals surface area contributed by atoms with Crippen LogP contribution in [0.2, 0.25) is 0 Å². The van der Waals surface area contributed by atoms with Gasteiger partial charge in [0.15, 0.2) is 0 Å². The normalized spacial score (nSPS) is 10.1. The molecule has 2 rings (SSSR count). The number of methoxy groups -OCH3 is 2. The van der Waals surface area contributed by atoms with Gasteiger partial charge in [-0.1, -0.05) is 30.3 Å². The minimum Gasteiger partial charge on any atom is -0.497 e. The van der Waals surface area contributed by atoms with E-state index in [1.54, 1.807) is 14.2 Å². The molecule has 0 radical (unpaired) electrons. The van der Waals surface area contributed by atoms with Crippen LogP contribution >= 0.6 is 0 Å². The van der Waals surface area contributed by atoms with Crippen molar-refractivity contribution in [2.45, 2.75) is 19.4 Å². The van der Waals surface area contributed by atoms with Gasteiger partial charge in [-0.25, -0.2) is 0 Å².